The SMILES string of the molecule is Cc1ccc(C(C)(O)CNC(=O)NCC(C)Cc2cccs2)o1. The zero-order valence-electron chi connectivity index (χ0n) is 13.8. The van der Waals surface area contributed by atoms with Crippen molar-refractivity contribution < 1.29 is 14.3 Å². The first-order valence-electron chi connectivity index (χ1n) is 7.70. The summed E-state index contributed by atoms with van der Waals surface area (Å²) in [5.74, 6) is 1.53. The standard InChI is InChI=1S/C17H24N2O3S/c1-12(9-14-5-4-8-23-14)10-18-16(20)19-11-17(3,21)15-7-6-13(2)22-15/h4-8,12,21H,9-11H2,1-3H3,(H2,18,19,20). The van der Waals surface area contributed by atoms with Crippen LogP contribution in [0.1, 0.15) is 30.2 Å². The molecule has 3 N–H and O–H groups in total. The van der Waals surface area contributed by atoms with Crippen LogP contribution in [0.2, 0.25) is 0 Å². The monoisotopic (exact) mass is 336 g/mol. The van der Waals surface area contributed by atoms with Gasteiger partial charge in [0.2, 0.25) is 0 Å². The van der Waals surface area contributed by atoms with E-state index in [4.69, 9.17) is 4.42 Å². The van der Waals surface area contributed by atoms with E-state index in [9.17, 15) is 9.90 Å². The summed E-state index contributed by atoms with van der Waals surface area (Å²) in [4.78, 5) is 13.2. The number of carbonyl (C=O) groups is 1. The van der Waals surface area contributed by atoms with Crippen molar-refractivity contribution in [3.05, 3.63) is 46.0 Å². The van der Waals surface area contributed by atoms with E-state index in [1.807, 2.05) is 13.0 Å². The van der Waals surface area contributed by atoms with Gasteiger partial charge in [-0.15, -0.1) is 11.3 Å². The van der Waals surface area contributed by atoms with Gasteiger partial charge in [0.05, 0.1) is 6.54 Å². The second kappa shape index (κ2) is 7.66. The fraction of sp³-hybridized carbons (Fsp3) is 0.471. The van der Waals surface area contributed by atoms with E-state index in [0.717, 1.165) is 12.2 Å². The molecular weight excluding hydrogens is 312 g/mol. The molecule has 0 spiro atoms. The van der Waals surface area contributed by atoms with Crippen molar-refractivity contribution in [2.45, 2.75) is 32.8 Å². The Kier molecular flexibility index (Phi) is 5.85. The number of urea groups is 1. The zero-order chi connectivity index (χ0) is 16.9. The molecule has 0 fully saturated rings. The number of aryl methyl sites for hydroxylation is 1. The van der Waals surface area contributed by atoms with Crippen LogP contribution < -0.4 is 10.6 Å². The van der Waals surface area contributed by atoms with E-state index in [2.05, 4.69) is 29.0 Å². The van der Waals surface area contributed by atoms with Crippen LogP contribution in [0.25, 0.3) is 0 Å². The zero-order valence-corrected chi connectivity index (χ0v) is 14.6. The van der Waals surface area contributed by atoms with E-state index in [1.54, 1.807) is 30.4 Å². The molecule has 0 aliphatic heterocycles. The number of hydrogen-bond acceptors (Lipinski definition) is 4. The summed E-state index contributed by atoms with van der Waals surface area (Å²) in [6.45, 7) is 6.21. The Balaban J connectivity index is 1.72. The number of thiophene rings is 1. The molecule has 2 heterocycles. The molecule has 2 unspecified atom stereocenters. The lowest BCUT2D eigenvalue weighted by Crippen LogP contribution is -2.44. The highest BCUT2D eigenvalue weighted by molar-refractivity contribution is 7.09. The van der Waals surface area contributed by atoms with Gasteiger partial charge in [-0.3, -0.25) is 0 Å². The van der Waals surface area contributed by atoms with E-state index in [1.165, 1.54) is 4.88 Å². The molecule has 0 saturated carbocycles. The molecule has 5 nitrogen and oxygen atoms in total. The molecule has 2 amide bonds. The molecule has 6 heteroatoms. The third-order valence-corrected chi connectivity index (χ3v) is 4.50. The van der Waals surface area contributed by atoms with Gasteiger partial charge in [0.25, 0.3) is 0 Å². The molecule has 2 aromatic rings. The predicted octanol–water partition coefficient (Wildman–Crippen LogP) is 3.04. The second-order valence-corrected chi connectivity index (χ2v) is 7.17. The highest BCUT2D eigenvalue weighted by Crippen LogP contribution is 2.21. The Morgan fingerprint density at radius 3 is 2.78 bits per heavy atom. The molecule has 0 bridgehead atoms. The largest absolute Gasteiger partial charge is 0.463 e. The maximum Gasteiger partial charge on any atom is 0.314 e. The Labute approximate surface area is 140 Å². The molecule has 0 radical (unpaired) electrons. The fourth-order valence-electron chi connectivity index (χ4n) is 2.24. The summed E-state index contributed by atoms with van der Waals surface area (Å²) in [6, 6.07) is 7.36. The fourth-order valence-corrected chi connectivity index (χ4v) is 3.11. The Bertz CT molecular complexity index is 620. The minimum absolute atomic E-state index is 0.0884. The molecule has 0 saturated heterocycles. The van der Waals surface area contributed by atoms with E-state index < -0.39 is 5.60 Å². The maximum absolute atomic E-state index is 11.9. The van der Waals surface area contributed by atoms with Gasteiger partial charge in [-0.1, -0.05) is 13.0 Å². The minimum Gasteiger partial charge on any atom is -0.463 e. The van der Waals surface area contributed by atoms with Crippen LogP contribution in [0.3, 0.4) is 0 Å². The molecule has 0 aromatic carbocycles. The lowest BCUT2D eigenvalue weighted by molar-refractivity contribution is 0.0359. The second-order valence-electron chi connectivity index (χ2n) is 6.14. The van der Waals surface area contributed by atoms with Gasteiger partial charge in [-0.2, -0.15) is 0 Å². The van der Waals surface area contributed by atoms with Crippen molar-refractivity contribution in [3.8, 4) is 0 Å². The first-order chi connectivity index (χ1) is 10.9. The van der Waals surface area contributed by atoms with Crippen molar-refractivity contribution in [3.63, 3.8) is 0 Å². The van der Waals surface area contributed by atoms with Crippen molar-refractivity contribution >= 4 is 17.4 Å². The molecular formula is C17H24N2O3S. The average Bonchev–Trinajstić information content (AvgIpc) is 3.15. The number of rotatable bonds is 7. The van der Waals surface area contributed by atoms with Crippen molar-refractivity contribution in [1.82, 2.24) is 10.6 Å². The Morgan fingerprint density at radius 1 is 1.39 bits per heavy atom. The van der Waals surface area contributed by atoms with Gasteiger partial charge in [-0.25, -0.2) is 4.79 Å². The smallest absolute Gasteiger partial charge is 0.314 e. The molecule has 126 valence electrons. The minimum atomic E-state index is -1.23. The number of hydrogen-bond donors (Lipinski definition) is 3. The highest BCUT2D eigenvalue weighted by atomic mass is 32.1. The number of carbonyl (C=O) groups excluding carboxylic acids is 1. The van der Waals surface area contributed by atoms with Crippen LogP contribution in [-0.2, 0) is 12.0 Å². The van der Waals surface area contributed by atoms with E-state index in [-0.39, 0.29) is 12.6 Å². The summed E-state index contributed by atoms with van der Waals surface area (Å²) >= 11 is 1.73. The van der Waals surface area contributed by atoms with E-state index >= 15 is 0 Å². The molecule has 2 rings (SSSR count). The highest BCUT2D eigenvalue weighted by Gasteiger charge is 2.27. The molecule has 0 aliphatic rings. The van der Waals surface area contributed by atoms with Crippen LogP contribution in [0.4, 0.5) is 4.79 Å². The molecule has 23 heavy (non-hydrogen) atoms. The molecule has 2 atom stereocenters. The third kappa shape index (κ3) is 5.41. The summed E-state index contributed by atoms with van der Waals surface area (Å²) in [7, 11) is 0. The van der Waals surface area contributed by atoms with Crippen molar-refractivity contribution in [2.75, 3.05) is 13.1 Å². The van der Waals surface area contributed by atoms with Gasteiger partial charge in [0.1, 0.15) is 17.1 Å². The lowest BCUT2D eigenvalue weighted by Gasteiger charge is -2.21. The first kappa shape index (κ1) is 17.6. The summed E-state index contributed by atoms with van der Waals surface area (Å²) in [5, 5.41) is 17.9. The third-order valence-electron chi connectivity index (χ3n) is 3.61. The number of aliphatic hydroxyl groups is 1. The van der Waals surface area contributed by atoms with Crippen LogP contribution in [0.15, 0.2) is 34.1 Å². The normalized spacial score (nSPS) is 15.0. The van der Waals surface area contributed by atoms with Gasteiger partial charge >= 0.3 is 6.03 Å². The Hall–Kier alpha value is -1.79. The van der Waals surface area contributed by atoms with Gasteiger partial charge < -0.3 is 20.2 Å². The average molecular weight is 336 g/mol. The summed E-state index contributed by atoms with van der Waals surface area (Å²) < 4.78 is 5.42. The van der Waals surface area contributed by atoms with Gasteiger partial charge in [0.15, 0.2) is 0 Å². The van der Waals surface area contributed by atoms with Gasteiger partial charge in [0, 0.05) is 11.4 Å². The van der Waals surface area contributed by atoms with Crippen molar-refractivity contribution in [1.29, 1.82) is 0 Å². The number of nitrogens with one attached hydrogen (secondary N) is 2. The van der Waals surface area contributed by atoms with Gasteiger partial charge in [-0.05, 0) is 49.8 Å². The first-order valence-corrected chi connectivity index (χ1v) is 8.58. The van der Waals surface area contributed by atoms with Crippen molar-refractivity contribution in [2.24, 2.45) is 5.92 Å². The predicted molar refractivity (Wildman–Crippen MR) is 91.6 cm³/mol. The topological polar surface area (TPSA) is 74.5 Å². The maximum atomic E-state index is 11.9. The number of amides is 2. The van der Waals surface area contributed by atoms with E-state index in [0.29, 0.717) is 18.2 Å². The van der Waals surface area contributed by atoms with Crippen LogP contribution in [0.5, 0.6) is 0 Å². The Morgan fingerprint density at radius 2 is 2.17 bits per heavy atom. The number of furan rings is 1. The van der Waals surface area contributed by atoms with Crippen LogP contribution >= 0.6 is 11.3 Å². The molecule has 2 aromatic heterocycles. The van der Waals surface area contributed by atoms with Crippen LogP contribution in [-0.4, -0.2) is 24.2 Å². The van der Waals surface area contributed by atoms with Crippen LogP contribution in [0, 0.1) is 12.8 Å². The quantitative estimate of drug-likeness (QED) is 0.727. The lowest BCUT2D eigenvalue weighted by atomic mass is 10.0. The summed E-state index contributed by atoms with van der Waals surface area (Å²) in [6.07, 6.45) is 0.946. The molecule has 0 aliphatic carbocycles. The summed E-state index contributed by atoms with van der Waals surface area (Å²) in [5.41, 5.74) is -1.23.